The van der Waals surface area contributed by atoms with Crippen LogP contribution in [0.25, 0.3) is 0 Å². The van der Waals surface area contributed by atoms with Crippen molar-refractivity contribution in [2.45, 2.75) is 13.8 Å². The predicted octanol–water partition coefficient (Wildman–Crippen LogP) is 3.31. The molecular formula is C17H22Cl2N4OS. The molecule has 2 rings (SSSR count). The van der Waals surface area contributed by atoms with Crippen LogP contribution in [0.15, 0.2) is 36.4 Å². The van der Waals surface area contributed by atoms with Crippen LogP contribution in [0.4, 0.5) is 11.4 Å². The molecule has 0 aliphatic rings. The molecule has 0 heterocycles. The number of rotatable bonds is 2. The number of hydrogen-bond donors (Lipinski definition) is 4. The van der Waals surface area contributed by atoms with Gasteiger partial charge in [0.05, 0.1) is 5.34 Å². The van der Waals surface area contributed by atoms with Crippen LogP contribution in [0, 0.1) is 13.8 Å². The molecule has 0 aliphatic carbocycles. The molecule has 0 fully saturated rings. The van der Waals surface area contributed by atoms with E-state index >= 15 is 0 Å². The molecule has 0 aromatic heterocycles. The first kappa shape index (κ1) is 23.0. The maximum Gasteiger partial charge on any atom is 0.248 e. The standard InChI is InChI=1S/C8H10N2O.C8H10N2S.CH2Cl2/c2*1-5-2-3-6(8(10)11)4-7(5)9;2-1-3/h2*2-4H,9H2,1H3,(H2,10,11);1H2. The first-order valence-electron chi connectivity index (χ1n) is 7.07. The Morgan fingerprint density at radius 1 is 0.920 bits per heavy atom. The largest absolute Gasteiger partial charge is 0.398 e. The van der Waals surface area contributed by atoms with Crippen molar-refractivity contribution < 1.29 is 4.79 Å². The third kappa shape index (κ3) is 8.58. The average Bonchev–Trinajstić information content (AvgIpc) is 2.53. The highest BCUT2D eigenvalue weighted by molar-refractivity contribution is 7.80. The van der Waals surface area contributed by atoms with E-state index in [0.717, 1.165) is 22.4 Å². The van der Waals surface area contributed by atoms with Crippen LogP contribution >= 0.6 is 35.4 Å². The Bertz CT molecular complexity index is 677. The van der Waals surface area contributed by atoms with Crippen LogP contribution in [-0.2, 0) is 0 Å². The number of nitrogen functional groups attached to an aromatic ring is 2. The number of primary amides is 1. The van der Waals surface area contributed by atoms with Gasteiger partial charge in [-0.1, -0.05) is 30.4 Å². The van der Waals surface area contributed by atoms with Crippen molar-refractivity contribution in [3.63, 3.8) is 0 Å². The van der Waals surface area contributed by atoms with E-state index in [4.69, 9.17) is 58.4 Å². The van der Waals surface area contributed by atoms with Crippen molar-refractivity contribution in [1.82, 2.24) is 0 Å². The fourth-order valence-corrected chi connectivity index (χ4v) is 1.71. The number of carbonyl (C=O) groups is 1. The number of thiocarbonyl (C=S) groups is 1. The highest BCUT2D eigenvalue weighted by Gasteiger charge is 2.00. The second kappa shape index (κ2) is 11.5. The molecule has 0 saturated carbocycles. The number of alkyl halides is 2. The van der Waals surface area contributed by atoms with Gasteiger partial charge in [-0.25, -0.2) is 0 Å². The topological polar surface area (TPSA) is 121 Å². The van der Waals surface area contributed by atoms with Crippen molar-refractivity contribution in [3.05, 3.63) is 58.7 Å². The molecule has 8 N–H and O–H groups in total. The van der Waals surface area contributed by atoms with Crippen LogP contribution in [0.3, 0.4) is 0 Å². The van der Waals surface area contributed by atoms with Crippen LogP contribution in [0.2, 0.25) is 0 Å². The second-order valence-corrected chi connectivity index (χ2v) is 6.22. The van der Waals surface area contributed by atoms with Crippen molar-refractivity contribution in [1.29, 1.82) is 0 Å². The van der Waals surface area contributed by atoms with Gasteiger partial charge in [0.1, 0.15) is 4.99 Å². The fourth-order valence-electron chi connectivity index (χ4n) is 1.59. The lowest BCUT2D eigenvalue weighted by atomic mass is 10.1. The molecule has 0 bridgehead atoms. The molecule has 0 radical (unpaired) electrons. The normalized spacial score (nSPS) is 9.12. The number of carbonyl (C=O) groups excluding carboxylic acids is 1. The summed E-state index contributed by atoms with van der Waals surface area (Å²) in [5, 5.41) is 0.194. The Kier molecular flexibility index (Phi) is 10.6. The Balaban J connectivity index is 0.000000399. The minimum atomic E-state index is -0.448. The monoisotopic (exact) mass is 400 g/mol. The minimum absolute atomic E-state index is 0.194. The van der Waals surface area contributed by atoms with Gasteiger partial charge in [0, 0.05) is 22.5 Å². The molecule has 0 spiro atoms. The van der Waals surface area contributed by atoms with Crippen molar-refractivity contribution in [3.8, 4) is 0 Å². The molecular weight excluding hydrogens is 379 g/mol. The number of benzene rings is 2. The van der Waals surface area contributed by atoms with Gasteiger partial charge in [0.2, 0.25) is 5.91 Å². The van der Waals surface area contributed by atoms with Gasteiger partial charge in [-0.2, -0.15) is 0 Å². The van der Waals surface area contributed by atoms with E-state index in [9.17, 15) is 4.79 Å². The molecule has 25 heavy (non-hydrogen) atoms. The van der Waals surface area contributed by atoms with Crippen LogP contribution < -0.4 is 22.9 Å². The lowest BCUT2D eigenvalue weighted by Gasteiger charge is -2.02. The maximum absolute atomic E-state index is 10.6. The van der Waals surface area contributed by atoms with Gasteiger partial charge >= 0.3 is 0 Å². The number of halogens is 2. The Hall–Kier alpha value is -2.02. The number of nitrogens with two attached hydrogens (primary N) is 4. The van der Waals surface area contributed by atoms with E-state index < -0.39 is 5.91 Å². The van der Waals surface area contributed by atoms with Crippen LogP contribution in [0.5, 0.6) is 0 Å². The van der Waals surface area contributed by atoms with Gasteiger partial charge in [-0.05, 0) is 43.2 Å². The summed E-state index contributed by atoms with van der Waals surface area (Å²) in [5.41, 5.74) is 26.2. The summed E-state index contributed by atoms with van der Waals surface area (Å²) in [5.74, 6) is -0.448. The van der Waals surface area contributed by atoms with Gasteiger partial charge in [0.15, 0.2) is 0 Å². The number of hydrogen-bond acceptors (Lipinski definition) is 4. The van der Waals surface area contributed by atoms with Gasteiger partial charge in [0.25, 0.3) is 0 Å². The van der Waals surface area contributed by atoms with E-state index in [0.29, 0.717) is 16.2 Å². The molecule has 0 aliphatic heterocycles. The van der Waals surface area contributed by atoms with E-state index in [1.165, 1.54) is 0 Å². The van der Waals surface area contributed by atoms with E-state index in [1.54, 1.807) is 24.3 Å². The minimum Gasteiger partial charge on any atom is -0.398 e. The highest BCUT2D eigenvalue weighted by Crippen LogP contribution is 2.12. The van der Waals surface area contributed by atoms with Gasteiger partial charge < -0.3 is 22.9 Å². The van der Waals surface area contributed by atoms with Crippen molar-refractivity contribution in [2.24, 2.45) is 11.5 Å². The molecule has 0 saturated heterocycles. The second-order valence-electron chi connectivity index (χ2n) is 4.97. The fraction of sp³-hybridized carbons (Fsp3) is 0.176. The smallest absolute Gasteiger partial charge is 0.248 e. The average molecular weight is 401 g/mol. The third-order valence-electron chi connectivity index (χ3n) is 3.13. The zero-order valence-corrected chi connectivity index (χ0v) is 16.4. The summed E-state index contributed by atoms with van der Waals surface area (Å²) in [7, 11) is 0. The summed E-state index contributed by atoms with van der Waals surface area (Å²) in [6.45, 7) is 3.82. The van der Waals surface area contributed by atoms with E-state index in [1.807, 2.05) is 26.0 Å². The van der Waals surface area contributed by atoms with Gasteiger partial charge in [-0.15, -0.1) is 23.2 Å². The zero-order valence-electron chi connectivity index (χ0n) is 14.1. The molecule has 136 valence electrons. The third-order valence-corrected chi connectivity index (χ3v) is 3.36. The number of aryl methyl sites for hydroxylation is 2. The lowest BCUT2D eigenvalue weighted by Crippen LogP contribution is -2.11. The SMILES string of the molecule is Cc1ccc(C(N)=O)cc1N.Cc1ccc(C(N)=S)cc1N.ClCCl. The molecule has 5 nitrogen and oxygen atoms in total. The molecule has 0 unspecified atom stereocenters. The number of amides is 1. The van der Waals surface area contributed by atoms with Crippen LogP contribution in [0.1, 0.15) is 27.0 Å². The van der Waals surface area contributed by atoms with Crippen molar-refractivity contribution in [2.75, 3.05) is 16.8 Å². The Labute approximate surface area is 163 Å². The molecule has 2 aromatic rings. The van der Waals surface area contributed by atoms with Crippen molar-refractivity contribution >= 4 is 57.7 Å². The summed E-state index contributed by atoms with van der Waals surface area (Å²) in [6.07, 6.45) is 0. The Morgan fingerprint density at radius 2 is 1.28 bits per heavy atom. The molecule has 1 amide bonds. The summed E-state index contributed by atoms with van der Waals surface area (Å²) >= 11 is 14.3. The van der Waals surface area contributed by atoms with Gasteiger partial charge in [-0.3, -0.25) is 4.79 Å². The highest BCUT2D eigenvalue weighted by atomic mass is 35.5. The summed E-state index contributed by atoms with van der Waals surface area (Å²) in [4.78, 5) is 11.0. The van der Waals surface area contributed by atoms with E-state index in [2.05, 4.69) is 0 Å². The zero-order chi connectivity index (χ0) is 19.6. The first-order valence-corrected chi connectivity index (χ1v) is 8.55. The Morgan fingerprint density at radius 3 is 1.60 bits per heavy atom. The quantitative estimate of drug-likeness (QED) is 0.349. The molecule has 0 atom stereocenters. The predicted molar refractivity (Wildman–Crippen MR) is 112 cm³/mol. The lowest BCUT2D eigenvalue weighted by molar-refractivity contribution is 0.100. The first-order chi connectivity index (χ1) is 11.6. The van der Waals surface area contributed by atoms with Crippen LogP contribution in [-0.4, -0.2) is 16.2 Å². The maximum atomic E-state index is 10.6. The van der Waals surface area contributed by atoms with E-state index in [-0.39, 0.29) is 5.34 Å². The summed E-state index contributed by atoms with van der Waals surface area (Å²) < 4.78 is 0. The number of anilines is 2. The molecule has 2 aromatic carbocycles. The summed E-state index contributed by atoms with van der Waals surface area (Å²) in [6, 6.07) is 10.6. The molecule has 8 heteroatoms.